The highest BCUT2D eigenvalue weighted by Crippen LogP contribution is 2.31. The zero-order chi connectivity index (χ0) is 11.5. The summed E-state index contributed by atoms with van der Waals surface area (Å²) in [7, 11) is 0. The number of aryl methyl sites for hydroxylation is 2. The van der Waals surface area contributed by atoms with Gasteiger partial charge in [-0.1, -0.05) is 42.7 Å². The standard InChI is InChI=1S/C15H23N/c1-4-16-8-6-5-7-15(16)14-10-12(2)9-13(3)11-14/h9-11,15H,4-8H2,1-3H3. The van der Waals surface area contributed by atoms with Gasteiger partial charge in [0.25, 0.3) is 0 Å². The summed E-state index contributed by atoms with van der Waals surface area (Å²) in [6.07, 6.45) is 4.08. The van der Waals surface area contributed by atoms with Crippen LogP contribution in [0.2, 0.25) is 0 Å². The number of rotatable bonds is 2. The highest BCUT2D eigenvalue weighted by Gasteiger charge is 2.22. The topological polar surface area (TPSA) is 3.24 Å². The first-order valence-electron chi connectivity index (χ1n) is 6.53. The molecule has 0 amide bonds. The number of nitrogens with zero attached hydrogens (tertiary/aromatic N) is 1. The maximum atomic E-state index is 2.62. The van der Waals surface area contributed by atoms with Gasteiger partial charge in [-0.3, -0.25) is 4.90 Å². The van der Waals surface area contributed by atoms with Crippen LogP contribution < -0.4 is 0 Å². The summed E-state index contributed by atoms with van der Waals surface area (Å²) in [5, 5.41) is 0. The highest BCUT2D eigenvalue weighted by atomic mass is 15.2. The third-order valence-corrected chi connectivity index (χ3v) is 3.65. The van der Waals surface area contributed by atoms with Gasteiger partial charge in [0.2, 0.25) is 0 Å². The van der Waals surface area contributed by atoms with Crippen molar-refractivity contribution in [3.8, 4) is 0 Å². The molecular weight excluding hydrogens is 194 g/mol. The van der Waals surface area contributed by atoms with E-state index >= 15 is 0 Å². The Morgan fingerprint density at radius 3 is 2.44 bits per heavy atom. The molecule has 1 aromatic carbocycles. The second-order valence-electron chi connectivity index (χ2n) is 5.06. The number of hydrogen-bond acceptors (Lipinski definition) is 1. The molecule has 1 fully saturated rings. The summed E-state index contributed by atoms with van der Waals surface area (Å²) in [5.41, 5.74) is 4.33. The molecule has 0 N–H and O–H groups in total. The molecule has 2 rings (SSSR count). The SMILES string of the molecule is CCN1CCCCC1c1cc(C)cc(C)c1. The summed E-state index contributed by atoms with van der Waals surface area (Å²) in [5.74, 6) is 0. The average Bonchev–Trinajstić information content (AvgIpc) is 2.27. The molecule has 0 aromatic heterocycles. The maximum absolute atomic E-state index is 2.62. The van der Waals surface area contributed by atoms with Gasteiger partial charge >= 0.3 is 0 Å². The van der Waals surface area contributed by atoms with Crippen LogP contribution in [0.1, 0.15) is 48.9 Å². The Bertz CT molecular complexity index is 336. The van der Waals surface area contributed by atoms with Crippen LogP contribution in [-0.2, 0) is 0 Å². The minimum absolute atomic E-state index is 0.664. The Labute approximate surface area is 99.5 Å². The Hall–Kier alpha value is -0.820. The highest BCUT2D eigenvalue weighted by molar-refractivity contribution is 5.31. The predicted octanol–water partition coefficient (Wildman–Crippen LogP) is 3.85. The van der Waals surface area contributed by atoms with Crippen molar-refractivity contribution in [3.05, 3.63) is 34.9 Å². The van der Waals surface area contributed by atoms with Gasteiger partial charge in [-0.2, -0.15) is 0 Å². The fourth-order valence-electron chi connectivity index (χ4n) is 2.95. The van der Waals surface area contributed by atoms with Crippen LogP contribution in [0.25, 0.3) is 0 Å². The first-order valence-corrected chi connectivity index (χ1v) is 6.53. The number of likely N-dealkylation sites (tertiary alicyclic amines) is 1. The van der Waals surface area contributed by atoms with E-state index in [9.17, 15) is 0 Å². The van der Waals surface area contributed by atoms with Crippen LogP contribution in [0.5, 0.6) is 0 Å². The number of piperidine rings is 1. The molecule has 1 atom stereocenters. The van der Waals surface area contributed by atoms with Crippen molar-refractivity contribution in [2.45, 2.75) is 46.1 Å². The fourth-order valence-corrected chi connectivity index (χ4v) is 2.95. The lowest BCUT2D eigenvalue weighted by atomic mass is 9.93. The summed E-state index contributed by atoms with van der Waals surface area (Å²) in [4.78, 5) is 2.62. The number of hydrogen-bond donors (Lipinski definition) is 0. The normalized spacial score (nSPS) is 22.3. The second kappa shape index (κ2) is 5.01. The van der Waals surface area contributed by atoms with E-state index in [0.717, 1.165) is 0 Å². The molecule has 0 saturated carbocycles. The molecule has 1 aliphatic heterocycles. The van der Waals surface area contributed by atoms with E-state index in [4.69, 9.17) is 0 Å². The number of benzene rings is 1. The minimum atomic E-state index is 0.664. The Morgan fingerprint density at radius 2 is 1.81 bits per heavy atom. The lowest BCUT2D eigenvalue weighted by molar-refractivity contribution is 0.157. The minimum Gasteiger partial charge on any atom is -0.297 e. The van der Waals surface area contributed by atoms with E-state index in [1.807, 2.05) is 0 Å². The molecule has 1 heterocycles. The summed E-state index contributed by atoms with van der Waals surface area (Å²) in [6.45, 7) is 9.14. The van der Waals surface area contributed by atoms with Crippen molar-refractivity contribution in [2.75, 3.05) is 13.1 Å². The Morgan fingerprint density at radius 1 is 1.12 bits per heavy atom. The third kappa shape index (κ3) is 2.46. The molecular formula is C15H23N. The molecule has 1 unspecified atom stereocenters. The molecule has 1 aliphatic rings. The lowest BCUT2D eigenvalue weighted by Gasteiger charge is -2.35. The Kier molecular flexibility index (Phi) is 3.65. The van der Waals surface area contributed by atoms with Gasteiger partial charge in [0.05, 0.1) is 0 Å². The smallest absolute Gasteiger partial charge is 0.0348 e. The molecule has 1 aromatic rings. The fraction of sp³-hybridized carbons (Fsp3) is 0.600. The first kappa shape index (κ1) is 11.7. The molecule has 1 nitrogen and oxygen atoms in total. The largest absolute Gasteiger partial charge is 0.297 e. The van der Waals surface area contributed by atoms with E-state index in [0.29, 0.717) is 6.04 Å². The van der Waals surface area contributed by atoms with Gasteiger partial charge in [0.1, 0.15) is 0 Å². The van der Waals surface area contributed by atoms with Crippen molar-refractivity contribution < 1.29 is 0 Å². The molecule has 0 aliphatic carbocycles. The van der Waals surface area contributed by atoms with Crippen LogP contribution in [0.4, 0.5) is 0 Å². The van der Waals surface area contributed by atoms with Crippen molar-refractivity contribution in [1.29, 1.82) is 0 Å². The molecule has 1 saturated heterocycles. The van der Waals surface area contributed by atoms with Gasteiger partial charge in [-0.15, -0.1) is 0 Å². The molecule has 1 heteroatoms. The van der Waals surface area contributed by atoms with E-state index in [-0.39, 0.29) is 0 Å². The third-order valence-electron chi connectivity index (χ3n) is 3.65. The van der Waals surface area contributed by atoms with Gasteiger partial charge in [-0.05, 0) is 45.3 Å². The monoisotopic (exact) mass is 217 g/mol. The zero-order valence-corrected chi connectivity index (χ0v) is 10.8. The van der Waals surface area contributed by atoms with E-state index < -0.39 is 0 Å². The van der Waals surface area contributed by atoms with Gasteiger partial charge in [-0.25, -0.2) is 0 Å². The van der Waals surface area contributed by atoms with Crippen molar-refractivity contribution in [1.82, 2.24) is 4.90 Å². The van der Waals surface area contributed by atoms with Crippen LogP contribution in [0.3, 0.4) is 0 Å². The van der Waals surface area contributed by atoms with Gasteiger partial charge in [0.15, 0.2) is 0 Å². The van der Waals surface area contributed by atoms with Crippen LogP contribution in [0.15, 0.2) is 18.2 Å². The molecule has 0 bridgehead atoms. The molecule has 0 spiro atoms. The van der Waals surface area contributed by atoms with Gasteiger partial charge < -0.3 is 0 Å². The Balaban J connectivity index is 2.26. The van der Waals surface area contributed by atoms with Crippen LogP contribution >= 0.6 is 0 Å². The van der Waals surface area contributed by atoms with Crippen LogP contribution in [0, 0.1) is 13.8 Å². The van der Waals surface area contributed by atoms with Crippen molar-refractivity contribution in [3.63, 3.8) is 0 Å². The van der Waals surface area contributed by atoms with Gasteiger partial charge in [0, 0.05) is 6.04 Å². The van der Waals surface area contributed by atoms with Crippen LogP contribution in [-0.4, -0.2) is 18.0 Å². The van der Waals surface area contributed by atoms with E-state index in [1.54, 1.807) is 0 Å². The van der Waals surface area contributed by atoms with Crippen molar-refractivity contribution in [2.24, 2.45) is 0 Å². The van der Waals surface area contributed by atoms with Crippen molar-refractivity contribution >= 4 is 0 Å². The zero-order valence-electron chi connectivity index (χ0n) is 10.8. The predicted molar refractivity (Wildman–Crippen MR) is 69.8 cm³/mol. The average molecular weight is 217 g/mol. The summed E-state index contributed by atoms with van der Waals surface area (Å²) < 4.78 is 0. The van der Waals surface area contributed by atoms with E-state index in [1.165, 1.54) is 49.0 Å². The second-order valence-corrected chi connectivity index (χ2v) is 5.06. The summed E-state index contributed by atoms with van der Waals surface area (Å²) in [6, 6.07) is 7.66. The molecule has 88 valence electrons. The lowest BCUT2D eigenvalue weighted by Crippen LogP contribution is -2.33. The first-order chi connectivity index (χ1) is 7.70. The summed E-state index contributed by atoms with van der Waals surface area (Å²) >= 11 is 0. The quantitative estimate of drug-likeness (QED) is 0.727. The molecule has 0 radical (unpaired) electrons. The maximum Gasteiger partial charge on any atom is 0.0348 e. The van der Waals surface area contributed by atoms with E-state index in [2.05, 4.69) is 43.9 Å². The molecule has 16 heavy (non-hydrogen) atoms.